The van der Waals surface area contributed by atoms with Crippen molar-refractivity contribution in [2.75, 3.05) is 13.1 Å². The molecule has 0 atom stereocenters. The molecule has 1 saturated heterocycles. The minimum atomic E-state index is -0.455. The van der Waals surface area contributed by atoms with Gasteiger partial charge in [-0.05, 0) is 44.1 Å². The number of benzene rings is 1. The van der Waals surface area contributed by atoms with Crippen LogP contribution in [0.1, 0.15) is 12.8 Å². The molecule has 1 aliphatic rings. The number of halogens is 1. The Balaban J connectivity index is 1.56. The van der Waals surface area contributed by atoms with Gasteiger partial charge in [-0.1, -0.05) is 11.8 Å². The van der Waals surface area contributed by atoms with E-state index in [-0.39, 0.29) is 17.0 Å². The third-order valence-corrected chi connectivity index (χ3v) is 5.53. The van der Waals surface area contributed by atoms with Gasteiger partial charge in [0.1, 0.15) is 17.3 Å². The number of rotatable bonds is 4. The molecule has 3 aromatic rings. The normalized spacial score (nSPS) is 15.3. The van der Waals surface area contributed by atoms with Crippen molar-refractivity contribution in [3.63, 3.8) is 0 Å². The summed E-state index contributed by atoms with van der Waals surface area (Å²) in [6, 6.07) is 6.22. The highest BCUT2D eigenvalue weighted by Crippen LogP contribution is 2.32. The van der Waals surface area contributed by atoms with Crippen molar-refractivity contribution in [1.82, 2.24) is 25.1 Å². The molecule has 0 aliphatic carbocycles. The lowest BCUT2D eigenvalue weighted by Gasteiger charge is -2.20. The monoisotopic (exact) mass is 371 g/mol. The van der Waals surface area contributed by atoms with Crippen LogP contribution in [-0.4, -0.2) is 43.2 Å². The van der Waals surface area contributed by atoms with Crippen LogP contribution >= 0.6 is 11.8 Å². The van der Waals surface area contributed by atoms with E-state index in [4.69, 9.17) is 0 Å². The second kappa shape index (κ2) is 7.43. The van der Waals surface area contributed by atoms with E-state index in [1.807, 2.05) is 0 Å². The number of aromatic nitrogens is 4. The molecule has 0 unspecified atom stereocenters. The fourth-order valence-corrected chi connectivity index (χ4v) is 3.92. The second-order valence-corrected chi connectivity index (χ2v) is 7.37. The van der Waals surface area contributed by atoms with E-state index in [0.29, 0.717) is 16.1 Å². The molecule has 6 nitrogen and oxygen atoms in total. The van der Waals surface area contributed by atoms with Crippen LogP contribution in [0.2, 0.25) is 0 Å². The van der Waals surface area contributed by atoms with Gasteiger partial charge in [0, 0.05) is 29.3 Å². The SMILES string of the molecule is Oc1cc(-n2cccc2)c(F)cc1-c1cnc(SC2CCNCC2)nn1. The van der Waals surface area contributed by atoms with Crippen LogP contribution in [0.3, 0.4) is 0 Å². The number of thioether (sulfide) groups is 1. The van der Waals surface area contributed by atoms with Gasteiger partial charge in [0.15, 0.2) is 0 Å². The van der Waals surface area contributed by atoms with Gasteiger partial charge in [-0.2, -0.15) is 0 Å². The zero-order valence-electron chi connectivity index (χ0n) is 14.0. The van der Waals surface area contributed by atoms with Gasteiger partial charge in [0.2, 0.25) is 5.16 Å². The Bertz CT molecular complexity index is 879. The molecule has 134 valence electrons. The lowest BCUT2D eigenvalue weighted by atomic mass is 10.1. The highest BCUT2D eigenvalue weighted by molar-refractivity contribution is 7.99. The zero-order valence-corrected chi connectivity index (χ0v) is 14.8. The molecule has 1 aromatic carbocycles. The first-order valence-corrected chi connectivity index (χ1v) is 9.32. The Morgan fingerprint density at radius 2 is 1.92 bits per heavy atom. The average molecular weight is 371 g/mol. The number of phenolic OH excluding ortho intramolecular Hbond substituents is 1. The topological polar surface area (TPSA) is 75.9 Å². The van der Waals surface area contributed by atoms with E-state index >= 15 is 0 Å². The number of aromatic hydroxyl groups is 1. The highest BCUT2D eigenvalue weighted by atomic mass is 32.2. The van der Waals surface area contributed by atoms with E-state index in [9.17, 15) is 9.50 Å². The van der Waals surface area contributed by atoms with Gasteiger partial charge >= 0.3 is 0 Å². The standard InChI is InChI=1S/C18H18FN5OS/c19-14-9-13(17(25)10-16(14)24-7-1-2-8-24)15-11-21-18(23-22-15)26-12-3-5-20-6-4-12/h1-2,7-12,20,25H,3-6H2. The molecule has 8 heteroatoms. The fourth-order valence-electron chi connectivity index (χ4n) is 2.95. The van der Waals surface area contributed by atoms with Gasteiger partial charge in [0.25, 0.3) is 0 Å². The predicted molar refractivity (Wildman–Crippen MR) is 98.0 cm³/mol. The largest absolute Gasteiger partial charge is 0.507 e. The number of nitrogens with zero attached hydrogens (tertiary/aromatic N) is 4. The molecule has 0 bridgehead atoms. The summed E-state index contributed by atoms with van der Waals surface area (Å²) in [5.74, 6) is -0.520. The van der Waals surface area contributed by atoms with Crippen LogP contribution < -0.4 is 5.32 Å². The number of piperidine rings is 1. The van der Waals surface area contributed by atoms with Crippen molar-refractivity contribution >= 4 is 11.8 Å². The Kier molecular flexibility index (Phi) is 4.85. The fraction of sp³-hybridized carbons (Fsp3) is 0.278. The third kappa shape index (κ3) is 3.56. The summed E-state index contributed by atoms with van der Waals surface area (Å²) in [4.78, 5) is 4.32. The first-order chi connectivity index (χ1) is 12.7. The number of hydrogen-bond donors (Lipinski definition) is 2. The lowest BCUT2D eigenvalue weighted by Crippen LogP contribution is -2.29. The minimum Gasteiger partial charge on any atom is -0.507 e. The van der Waals surface area contributed by atoms with Crippen LogP contribution in [0, 0.1) is 5.82 Å². The molecule has 4 rings (SSSR count). The van der Waals surface area contributed by atoms with Crippen molar-refractivity contribution < 1.29 is 9.50 Å². The van der Waals surface area contributed by atoms with Crippen molar-refractivity contribution in [2.24, 2.45) is 0 Å². The molecule has 0 radical (unpaired) electrons. The summed E-state index contributed by atoms with van der Waals surface area (Å²) in [6.45, 7) is 2.01. The molecular formula is C18H18FN5OS. The maximum atomic E-state index is 14.5. The lowest BCUT2D eigenvalue weighted by molar-refractivity contribution is 0.474. The molecule has 1 fully saturated rings. The Morgan fingerprint density at radius 3 is 2.62 bits per heavy atom. The molecule has 1 aliphatic heterocycles. The summed E-state index contributed by atoms with van der Waals surface area (Å²) in [6.07, 6.45) is 7.10. The average Bonchev–Trinajstić information content (AvgIpc) is 3.19. The van der Waals surface area contributed by atoms with E-state index < -0.39 is 5.82 Å². The van der Waals surface area contributed by atoms with E-state index in [1.165, 1.54) is 18.3 Å². The van der Waals surface area contributed by atoms with Crippen molar-refractivity contribution in [3.05, 3.63) is 48.7 Å². The van der Waals surface area contributed by atoms with Gasteiger partial charge in [-0.3, -0.25) is 0 Å². The molecule has 0 amide bonds. The predicted octanol–water partition coefficient (Wildman–Crippen LogP) is 3.02. The van der Waals surface area contributed by atoms with Crippen molar-refractivity contribution in [3.8, 4) is 22.7 Å². The smallest absolute Gasteiger partial charge is 0.209 e. The maximum absolute atomic E-state index is 14.5. The molecule has 2 aromatic heterocycles. The zero-order chi connectivity index (χ0) is 17.9. The first-order valence-electron chi connectivity index (χ1n) is 8.44. The first kappa shape index (κ1) is 17.0. The Morgan fingerprint density at radius 1 is 1.15 bits per heavy atom. The van der Waals surface area contributed by atoms with E-state index in [0.717, 1.165) is 25.9 Å². The van der Waals surface area contributed by atoms with Gasteiger partial charge in [-0.25, -0.2) is 9.37 Å². The van der Waals surface area contributed by atoms with Crippen LogP contribution in [0.25, 0.3) is 16.9 Å². The van der Waals surface area contributed by atoms with E-state index in [2.05, 4.69) is 20.5 Å². The summed E-state index contributed by atoms with van der Waals surface area (Å²) in [5, 5.41) is 23.0. The molecular weight excluding hydrogens is 353 g/mol. The van der Waals surface area contributed by atoms with Gasteiger partial charge in [0.05, 0.1) is 11.9 Å². The van der Waals surface area contributed by atoms with Gasteiger partial charge in [-0.15, -0.1) is 10.2 Å². The summed E-state index contributed by atoms with van der Waals surface area (Å²) >= 11 is 1.61. The third-order valence-electron chi connectivity index (χ3n) is 4.32. The summed E-state index contributed by atoms with van der Waals surface area (Å²) in [7, 11) is 0. The minimum absolute atomic E-state index is 0.0649. The molecule has 2 N–H and O–H groups in total. The highest BCUT2D eigenvalue weighted by Gasteiger charge is 2.17. The van der Waals surface area contributed by atoms with Crippen LogP contribution in [-0.2, 0) is 0 Å². The molecule has 26 heavy (non-hydrogen) atoms. The quantitative estimate of drug-likeness (QED) is 0.734. The maximum Gasteiger partial charge on any atom is 0.209 e. The Labute approximate surface area is 154 Å². The number of nitrogens with one attached hydrogen (secondary N) is 1. The van der Waals surface area contributed by atoms with Crippen molar-refractivity contribution in [1.29, 1.82) is 0 Å². The second-order valence-electron chi connectivity index (χ2n) is 6.10. The van der Waals surface area contributed by atoms with Crippen LogP contribution in [0.5, 0.6) is 5.75 Å². The molecule has 3 heterocycles. The number of hydrogen-bond acceptors (Lipinski definition) is 6. The summed E-state index contributed by atoms with van der Waals surface area (Å²) in [5.41, 5.74) is 0.891. The van der Waals surface area contributed by atoms with Gasteiger partial charge < -0.3 is 15.0 Å². The van der Waals surface area contributed by atoms with E-state index in [1.54, 1.807) is 40.9 Å². The van der Waals surface area contributed by atoms with Crippen molar-refractivity contribution in [2.45, 2.75) is 23.2 Å². The summed E-state index contributed by atoms with van der Waals surface area (Å²) < 4.78 is 16.1. The molecule has 0 spiro atoms. The van der Waals surface area contributed by atoms with Crippen LogP contribution in [0.15, 0.2) is 48.0 Å². The van der Waals surface area contributed by atoms with Crippen LogP contribution in [0.4, 0.5) is 4.39 Å². The molecule has 0 saturated carbocycles. The number of phenols is 1. The Hall–Kier alpha value is -2.45.